The first-order valence-corrected chi connectivity index (χ1v) is 48.2. The summed E-state index contributed by atoms with van der Waals surface area (Å²) in [6.45, 7) is 8.63. The van der Waals surface area contributed by atoms with E-state index in [2.05, 4.69) is 52.1 Å². The molecular weight excluding hydrogens is 1720 g/mol. The lowest BCUT2D eigenvalue weighted by atomic mass is 9.81. The van der Waals surface area contributed by atoms with Gasteiger partial charge in [-0.2, -0.15) is 20.4 Å². The van der Waals surface area contributed by atoms with E-state index in [4.69, 9.17) is 4.74 Å². The number of amides is 4. The van der Waals surface area contributed by atoms with E-state index in [1.165, 1.54) is 108 Å². The Morgan fingerprint density at radius 3 is 0.985 bits per heavy atom. The molecule has 12 aliphatic rings. The van der Waals surface area contributed by atoms with Gasteiger partial charge in [-0.3, -0.25) is 57.5 Å². The Morgan fingerprint density at radius 1 is 0.319 bits per heavy atom. The number of fused-ring (bicyclic) bond motifs is 8. The number of hydrogen-bond donors (Lipinski definition) is 0. The summed E-state index contributed by atoms with van der Waals surface area (Å²) in [7, 11) is 7.15. The third-order valence-corrected chi connectivity index (χ3v) is 31.7. The zero-order valence-corrected chi connectivity index (χ0v) is 77.0. The zero-order chi connectivity index (χ0) is 92.8. The van der Waals surface area contributed by atoms with Gasteiger partial charge in [0.15, 0.2) is 11.6 Å². The van der Waals surface area contributed by atoms with Crippen molar-refractivity contribution in [3.63, 3.8) is 0 Å². The van der Waals surface area contributed by atoms with E-state index in [0.29, 0.717) is 66.1 Å². The van der Waals surface area contributed by atoms with Crippen molar-refractivity contribution in [3.05, 3.63) is 287 Å². The van der Waals surface area contributed by atoms with Gasteiger partial charge in [0.1, 0.15) is 23.3 Å². The maximum absolute atomic E-state index is 15.2. The summed E-state index contributed by atoms with van der Waals surface area (Å²) in [4.78, 5) is 72.6. The molecule has 27 heteroatoms. The summed E-state index contributed by atoms with van der Waals surface area (Å²) in [5.41, 5.74) is 11.6. The molecule has 3 saturated carbocycles. The number of halogens is 6. The van der Waals surface area contributed by atoms with E-state index in [1.807, 2.05) is 128 Å². The first-order valence-electron chi connectivity index (χ1n) is 48.2. The molecule has 135 heavy (non-hydrogen) atoms. The maximum atomic E-state index is 15.2. The molecule has 4 amide bonds. The smallest absolute Gasteiger partial charge is 0.239 e. The first kappa shape index (κ1) is 89.4. The summed E-state index contributed by atoms with van der Waals surface area (Å²) in [5, 5.41) is 16.4. The Hall–Kier alpha value is -12.1. The SMILES string of the molecule is Cn1cc(-c2cc(F)c(CN3C(=O)C4(CCN(C5CCCC5)C4)c4ccccc43)cc2F)cn1.Cn1cc(-c2ccc(CN3C(=O)C4(CCN(C5CCCC5)C4)c4ccccc43)c(F)c2)cn1.Cn1cc(-c2ccc(CN3C(=O)C4(CCN(C5CCCC5)C4)c4ccccc43)c(F)c2F)cn1.Cn1cc(-c2ccc(CN3C(=O)C4(CCN(C5CCCOC5)C4)c4ccccc43)c(F)c2)cn1. The fourth-order valence-electron chi connectivity index (χ4n) is 24.5. The molecule has 0 bridgehead atoms. The second-order valence-corrected chi connectivity index (χ2v) is 39.6. The Bertz CT molecular complexity index is 6380. The van der Waals surface area contributed by atoms with Crippen LogP contribution in [0.15, 0.2) is 207 Å². The molecule has 0 radical (unpaired) electrons. The van der Waals surface area contributed by atoms with Gasteiger partial charge in [-0.25, -0.2) is 26.3 Å². The number of benzene rings is 8. The van der Waals surface area contributed by atoms with E-state index >= 15 is 22.0 Å². The van der Waals surface area contributed by atoms with Gasteiger partial charge in [0.2, 0.25) is 23.6 Å². The Balaban J connectivity index is 0.000000108. The second kappa shape index (κ2) is 36.5. The lowest BCUT2D eigenvalue weighted by Crippen LogP contribution is -2.45. The van der Waals surface area contributed by atoms with Gasteiger partial charge in [-0.1, -0.05) is 148 Å². The lowest BCUT2D eigenvalue weighted by molar-refractivity contribution is -0.123. The van der Waals surface area contributed by atoms with Crippen LogP contribution in [0.25, 0.3) is 44.5 Å². The van der Waals surface area contributed by atoms with Crippen molar-refractivity contribution in [1.29, 1.82) is 0 Å². The van der Waals surface area contributed by atoms with Gasteiger partial charge >= 0.3 is 0 Å². The molecule has 3 aliphatic carbocycles. The highest BCUT2D eigenvalue weighted by Gasteiger charge is 2.60. The fourth-order valence-corrected chi connectivity index (χ4v) is 24.5. The predicted molar refractivity (Wildman–Crippen MR) is 507 cm³/mol. The Kier molecular flexibility index (Phi) is 24.2. The van der Waals surface area contributed by atoms with E-state index in [-0.39, 0.29) is 83.7 Å². The van der Waals surface area contributed by atoms with Crippen molar-refractivity contribution in [2.45, 2.75) is 188 Å². The number of rotatable bonds is 16. The topological polar surface area (TPSA) is 175 Å². The fraction of sp³-hybridized carbons (Fsp3) is 0.407. The van der Waals surface area contributed by atoms with Crippen molar-refractivity contribution in [2.75, 3.05) is 85.2 Å². The third kappa shape index (κ3) is 16.3. The number of aromatic nitrogens is 8. The van der Waals surface area contributed by atoms with Crippen LogP contribution in [0.3, 0.4) is 0 Å². The predicted octanol–water partition coefficient (Wildman–Crippen LogP) is 18.2. The molecule has 8 fully saturated rings. The van der Waals surface area contributed by atoms with Gasteiger partial charge in [-0.05, 0) is 185 Å². The van der Waals surface area contributed by atoms with Crippen molar-refractivity contribution >= 4 is 46.4 Å². The highest BCUT2D eigenvalue weighted by molar-refractivity contribution is 6.11. The molecule has 0 N–H and O–H groups in total. The molecule has 13 heterocycles. The average Bonchev–Trinajstić information content (AvgIpc) is 1.46. The van der Waals surface area contributed by atoms with Crippen LogP contribution in [0.5, 0.6) is 0 Å². The van der Waals surface area contributed by atoms with Gasteiger partial charge in [-0.15, -0.1) is 0 Å². The van der Waals surface area contributed by atoms with E-state index in [1.54, 1.807) is 103 Å². The van der Waals surface area contributed by atoms with Crippen LogP contribution >= 0.6 is 0 Å². The first-order chi connectivity index (χ1) is 65.5. The number of nitrogens with zero attached hydrogens (tertiary/aromatic N) is 16. The second-order valence-electron chi connectivity index (χ2n) is 39.6. The van der Waals surface area contributed by atoms with E-state index < -0.39 is 44.9 Å². The molecule has 8 aromatic carbocycles. The quantitative estimate of drug-likeness (QED) is 0.0837. The van der Waals surface area contributed by atoms with Crippen molar-refractivity contribution in [3.8, 4) is 44.5 Å². The molecule has 12 aromatic rings. The minimum absolute atomic E-state index is 0.00495. The van der Waals surface area contributed by atoms with E-state index in [0.717, 1.165) is 152 Å². The minimum atomic E-state index is -0.911. The van der Waals surface area contributed by atoms with Crippen molar-refractivity contribution in [1.82, 2.24) is 58.7 Å². The van der Waals surface area contributed by atoms with Gasteiger partial charge in [0.25, 0.3) is 0 Å². The monoisotopic (exact) mass is 1830 g/mol. The normalized spacial score (nSPS) is 23.5. The molecule has 5 atom stereocenters. The molecule has 9 aliphatic heterocycles. The van der Waals surface area contributed by atoms with Gasteiger partial charge in [0, 0.05) is 188 Å². The zero-order valence-electron chi connectivity index (χ0n) is 77.0. The molecule has 24 rings (SSSR count). The number of aryl methyl sites for hydroxylation is 4. The third-order valence-electron chi connectivity index (χ3n) is 31.7. The maximum Gasteiger partial charge on any atom is 0.239 e. The summed E-state index contributed by atoms with van der Waals surface area (Å²) < 4.78 is 103. The van der Waals surface area contributed by atoms with E-state index in [9.17, 15) is 23.6 Å². The van der Waals surface area contributed by atoms with Crippen LogP contribution in [0.2, 0.25) is 0 Å². The number of likely N-dealkylation sites (tertiary alicyclic amines) is 4. The van der Waals surface area contributed by atoms with Crippen LogP contribution < -0.4 is 19.6 Å². The van der Waals surface area contributed by atoms with Gasteiger partial charge < -0.3 is 24.3 Å². The highest BCUT2D eigenvalue weighted by Crippen LogP contribution is 2.55. The number of hydrogen-bond acceptors (Lipinski definition) is 13. The Morgan fingerprint density at radius 2 is 0.637 bits per heavy atom. The average molecular weight is 1830 g/mol. The van der Waals surface area contributed by atoms with Crippen molar-refractivity contribution in [2.24, 2.45) is 28.2 Å². The summed E-state index contributed by atoms with van der Waals surface area (Å²) in [6, 6.07) is 50.0. The molecule has 5 unspecified atom stereocenters. The van der Waals surface area contributed by atoms with Crippen LogP contribution in [-0.4, -0.2) is 172 Å². The van der Waals surface area contributed by atoms with Crippen LogP contribution in [0.4, 0.5) is 49.1 Å². The summed E-state index contributed by atoms with van der Waals surface area (Å²) in [6.07, 6.45) is 33.7. The van der Waals surface area contributed by atoms with Gasteiger partial charge in [0.05, 0.1) is 79.2 Å². The minimum Gasteiger partial charge on any atom is -0.380 e. The molecule has 698 valence electrons. The molecule has 5 saturated heterocycles. The summed E-state index contributed by atoms with van der Waals surface area (Å²) in [5.74, 6) is -3.24. The Labute approximate surface area is 783 Å². The highest BCUT2D eigenvalue weighted by atomic mass is 19.2. The standard InChI is InChI=1S/2C27H28F2N4O.C27H29FN4O2.C27H29FN4O/c1-31-15-19(14-30-31)21-13-23(28)18(12-24(21)29)16-33-25-9-5-4-8-22(25)27(26(33)34)10-11-32(17-27)20-6-2-3-7-20;1-31-15-19(14-30-31)21-11-10-18(24(28)25(21)29)16-33-23-9-5-4-8-22(23)27(26(33)34)12-13-32(17-27)20-6-2-3-7-20;1-30-15-21(14-29-30)19-8-9-20(24(28)13-19)16-32-25-7-3-2-6-23(25)27(26(32)33)10-11-31(18-27)22-5-4-12-34-17-22;1-30-16-21(15-29-30)19-10-11-20(24(28)14-19)17-32-25-9-5-4-8-23(25)27(26(32)33)12-13-31(18-27)22-6-2-3-7-22/h4-5,8-9,12-15,20H,2-3,6-7,10-11,16-17H2,1H3;4-5,8-11,14-15,20H,2-3,6-7,12-13,16-17H2,1H3;2-3,6-9,13-15,22H,4-5,10-12,16-18H2,1H3;4-5,8-11,14-16,22H,2-3,6-7,12-13,17-18H2,1H3. The van der Waals surface area contributed by atoms with Crippen LogP contribution in [-0.2, 0) is 99.9 Å². The lowest BCUT2D eigenvalue weighted by Gasteiger charge is -2.32. The molecular formula is C108H114F6N16O5. The van der Waals surface area contributed by atoms with Crippen molar-refractivity contribution < 1.29 is 50.3 Å². The van der Waals surface area contributed by atoms with Crippen LogP contribution in [0.1, 0.15) is 160 Å². The molecule has 4 spiro atoms. The number of ether oxygens (including phenoxy) is 1. The number of anilines is 4. The molecule has 21 nitrogen and oxygen atoms in total. The number of carbonyl (C=O) groups excluding carboxylic acids is 4. The largest absolute Gasteiger partial charge is 0.380 e. The number of carbonyl (C=O) groups is 4. The molecule has 4 aromatic heterocycles. The van der Waals surface area contributed by atoms with Crippen LogP contribution in [0, 0.1) is 34.9 Å². The number of para-hydroxylation sites is 4. The summed E-state index contributed by atoms with van der Waals surface area (Å²) >= 11 is 0.